The Bertz CT molecular complexity index is 516. The molecule has 16 heavy (non-hydrogen) atoms. The van der Waals surface area contributed by atoms with E-state index in [0.717, 1.165) is 12.1 Å². The Morgan fingerprint density at radius 2 is 2.12 bits per heavy atom. The van der Waals surface area contributed by atoms with Gasteiger partial charge in [-0.25, -0.2) is 17.5 Å². The van der Waals surface area contributed by atoms with Crippen molar-refractivity contribution in [2.24, 2.45) is 0 Å². The summed E-state index contributed by atoms with van der Waals surface area (Å²) in [4.78, 5) is -0.327. The number of hydrogen-bond acceptors (Lipinski definition) is 2. The third-order valence-corrected chi connectivity index (χ3v) is 3.65. The van der Waals surface area contributed by atoms with Gasteiger partial charge in [-0.05, 0) is 18.2 Å². The summed E-state index contributed by atoms with van der Waals surface area (Å²) in [6, 6.07) is 3.07. The highest BCUT2D eigenvalue weighted by molar-refractivity contribution is 7.89. The molecule has 0 aliphatic carbocycles. The summed E-state index contributed by atoms with van der Waals surface area (Å²) in [5, 5.41) is 0.0604. The average molecular weight is 284 g/mol. The Morgan fingerprint density at radius 1 is 1.50 bits per heavy atom. The first-order valence-electron chi connectivity index (χ1n) is 4.11. The third-order valence-electron chi connectivity index (χ3n) is 1.64. The number of sulfonamides is 1. The normalized spacial score (nSPS) is 11.4. The second-order valence-electron chi connectivity index (χ2n) is 2.92. The monoisotopic (exact) mass is 283 g/mol. The summed E-state index contributed by atoms with van der Waals surface area (Å²) in [5.41, 5.74) is 0. The van der Waals surface area contributed by atoms with Crippen LogP contribution in [0.5, 0.6) is 0 Å². The molecule has 0 saturated heterocycles. The minimum absolute atomic E-state index is 0.0610. The second-order valence-corrected chi connectivity index (χ2v) is 5.59. The summed E-state index contributed by atoms with van der Waals surface area (Å²) < 4.78 is 38.3. The van der Waals surface area contributed by atoms with E-state index in [1.807, 2.05) is 0 Å². The van der Waals surface area contributed by atoms with Crippen LogP contribution in [0.3, 0.4) is 0 Å². The van der Waals surface area contributed by atoms with Gasteiger partial charge >= 0.3 is 0 Å². The minimum Gasteiger partial charge on any atom is -0.207 e. The van der Waals surface area contributed by atoms with E-state index < -0.39 is 15.8 Å². The SMILES string of the molecule is C=C(Cl)CNS(=O)(=O)c1cc(F)ccc1Cl. The van der Waals surface area contributed by atoms with Crippen molar-refractivity contribution in [3.8, 4) is 0 Å². The van der Waals surface area contributed by atoms with E-state index in [1.54, 1.807) is 0 Å². The summed E-state index contributed by atoms with van der Waals surface area (Å²) in [6.45, 7) is 3.18. The van der Waals surface area contributed by atoms with E-state index >= 15 is 0 Å². The van der Waals surface area contributed by atoms with Crippen LogP contribution in [0.2, 0.25) is 5.02 Å². The minimum atomic E-state index is -3.88. The predicted molar refractivity (Wildman–Crippen MR) is 61.6 cm³/mol. The Labute approximate surface area is 103 Å². The van der Waals surface area contributed by atoms with Crippen molar-refractivity contribution in [1.29, 1.82) is 0 Å². The van der Waals surface area contributed by atoms with Gasteiger partial charge in [0.05, 0.1) is 5.02 Å². The maximum atomic E-state index is 12.9. The lowest BCUT2D eigenvalue weighted by Gasteiger charge is -2.07. The molecule has 0 atom stereocenters. The number of rotatable bonds is 4. The average Bonchev–Trinajstić information content (AvgIpc) is 2.19. The van der Waals surface area contributed by atoms with Gasteiger partial charge in [-0.1, -0.05) is 29.8 Å². The molecule has 0 aliphatic rings. The number of benzene rings is 1. The standard InChI is InChI=1S/C9H8Cl2FNO2S/c1-6(10)5-13-16(14,15)9-4-7(12)2-3-8(9)11/h2-4,13H,1,5H2. The molecule has 1 N–H and O–H groups in total. The van der Waals surface area contributed by atoms with E-state index in [1.165, 1.54) is 6.07 Å². The van der Waals surface area contributed by atoms with Crippen LogP contribution in [-0.4, -0.2) is 15.0 Å². The lowest BCUT2D eigenvalue weighted by molar-refractivity contribution is 0.581. The Kier molecular flexibility index (Phi) is 4.32. The Morgan fingerprint density at radius 3 is 2.69 bits per heavy atom. The highest BCUT2D eigenvalue weighted by Crippen LogP contribution is 2.21. The fourth-order valence-corrected chi connectivity index (χ4v) is 2.61. The summed E-state index contributed by atoms with van der Waals surface area (Å²) in [7, 11) is -3.88. The highest BCUT2D eigenvalue weighted by atomic mass is 35.5. The zero-order valence-electron chi connectivity index (χ0n) is 8.00. The molecule has 3 nitrogen and oxygen atoms in total. The van der Waals surface area contributed by atoms with Crippen molar-refractivity contribution in [2.75, 3.05) is 6.54 Å². The molecule has 1 aromatic rings. The van der Waals surface area contributed by atoms with E-state index in [9.17, 15) is 12.8 Å². The molecule has 0 aliphatic heterocycles. The van der Waals surface area contributed by atoms with Crippen LogP contribution in [0.4, 0.5) is 4.39 Å². The van der Waals surface area contributed by atoms with Crippen molar-refractivity contribution in [1.82, 2.24) is 4.72 Å². The molecule has 0 unspecified atom stereocenters. The summed E-state index contributed by atoms with van der Waals surface area (Å²) in [6.07, 6.45) is 0. The first-order chi connectivity index (χ1) is 7.33. The maximum Gasteiger partial charge on any atom is 0.242 e. The predicted octanol–water partition coefficient (Wildman–Crippen LogP) is 2.51. The molecule has 0 bridgehead atoms. The second kappa shape index (κ2) is 5.14. The summed E-state index contributed by atoms with van der Waals surface area (Å²) >= 11 is 11.1. The van der Waals surface area contributed by atoms with E-state index in [-0.39, 0.29) is 21.5 Å². The molecule has 0 radical (unpaired) electrons. The van der Waals surface area contributed by atoms with Crippen LogP contribution in [0.1, 0.15) is 0 Å². The number of hydrogen-bond donors (Lipinski definition) is 1. The molecule has 1 aromatic carbocycles. The molecule has 88 valence electrons. The van der Waals surface area contributed by atoms with Crippen molar-refractivity contribution in [2.45, 2.75) is 4.90 Å². The maximum absolute atomic E-state index is 12.9. The molecule has 0 amide bonds. The quantitative estimate of drug-likeness (QED) is 0.923. The van der Waals surface area contributed by atoms with Crippen molar-refractivity contribution in [3.63, 3.8) is 0 Å². The largest absolute Gasteiger partial charge is 0.242 e. The van der Waals surface area contributed by atoms with E-state index in [0.29, 0.717) is 0 Å². The van der Waals surface area contributed by atoms with Gasteiger partial charge in [-0.15, -0.1) is 0 Å². The number of nitrogens with one attached hydrogen (secondary N) is 1. The fraction of sp³-hybridized carbons (Fsp3) is 0.111. The highest BCUT2D eigenvalue weighted by Gasteiger charge is 2.18. The molecule has 7 heteroatoms. The third kappa shape index (κ3) is 3.45. The van der Waals surface area contributed by atoms with Crippen LogP contribution in [0.25, 0.3) is 0 Å². The smallest absolute Gasteiger partial charge is 0.207 e. The molecule has 1 rings (SSSR count). The molecule has 0 spiro atoms. The van der Waals surface area contributed by atoms with Gasteiger partial charge in [0.2, 0.25) is 10.0 Å². The van der Waals surface area contributed by atoms with Crippen molar-refractivity contribution < 1.29 is 12.8 Å². The van der Waals surface area contributed by atoms with Crippen LogP contribution < -0.4 is 4.72 Å². The molecular formula is C9H8Cl2FNO2S. The molecule has 0 aromatic heterocycles. The molecule has 0 fully saturated rings. The zero-order chi connectivity index (χ0) is 12.3. The Balaban J connectivity index is 3.07. The van der Waals surface area contributed by atoms with Gasteiger partial charge in [0, 0.05) is 11.6 Å². The van der Waals surface area contributed by atoms with E-state index in [4.69, 9.17) is 23.2 Å². The lowest BCUT2D eigenvalue weighted by Crippen LogP contribution is -2.25. The first kappa shape index (κ1) is 13.4. The zero-order valence-corrected chi connectivity index (χ0v) is 10.3. The fourth-order valence-electron chi connectivity index (χ4n) is 0.934. The number of halogens is 3. The topological polar surface area (TPSA) is 46.2 Å². The van der Waals surface area contributed by atoms with Crippen LogP contribution in [0, 0.1) is 5.82 Å². The summed E-state index contributed by atoms with van der Waals surface area (Å²) in [5.74, 6) is -0.686. The van der Waals surface area contributed by atoms with Gasteiger partial charge in [0.15, 0.2) is 0 Å². The van der Waals surface area contributed by atoms with Crippen LogP contribution in [-0.2, 0) is 10.0 Å². The van der Waals surface area contributed by atoms with E-state index in [2.05, 4.69) is 11.3 Å². The van der Waals surface area contributed by atoms with Gasteiger partial charge in [-0.2, -0.15) is 0 Å². The Hall–Kier alpha value is -0.620. The first-order valence-corrected chi connectivity index (χ1v) is 6.35. The van der Waals surface area contributed by atoms with Gasteiger partial charge in [0.25, 0.3) is 0 Å². The van der Waals surface area contributed by atoms with Crippen molar-refractivity contribution in [3.05, 3.63) is 40.7 Å². The molecule has 0 saturated carbocycles. The van der Waals surface area contributed by atoms with Crippen molar-refractivity contribution >= 4 is 33.2 Å². The lowest BCUT2D eigenvalue weighted by atomic mass is 10.3. The van der Waals surface area contributed by atoms with Gasteiger partial charge in [0.1, 0.15) is 10.7 Å². The molecular weight excluding hydrogens is 276 g/mol. The van der Waals surface area contributed by atoms with Crippen LogP contribution in [0.15, 0.2) is 34.7 Å². The van der Waals surface area contributed by atoms with Crippen LogP contribution >= 0.6 is 23.2 Å². The van der Waals surface area contributed by atoms with Gasteiger partial charge < -0.3 is 0 Å². The molecule has 0 heterocycles. The van der Waals surface area contributed by atoms with Gasteiger partial charge in [-0.3, -0.25) is 0 Å².